The lowest BCUT2D eigenvalue weighted by molar-refractivity contribution is -0.139. The number of aromatic nitrogens is 4. The molecule has 1 aliphatic rings. The van der Waals surface area contributed by atoms with Gasteiger partial charge in [0.05, 0.1) is 12.2 Å². The van der Waals surface area contributed by atoms with Gasteiger partial charge in [-0.3, -0.25) is 4.79 Å². The van der Waals surface area contributed by atoms with Crippen molar-refractivity contribution in [3.8, 4) is 0 Å². The van der Waals surface area contributed by atoms with Gasteiger partial charge in [-0.2, -0.15) is 0 Å². The van der Waals surface area contributed by atoms with E-state index in [1.165, 1.54) is 0 Å². The minimum atomic E-state index is -0.210. The topological polar surface area (TPSA) is 65.2 Å². The van der Waals surface area contributed by atoms with Crippen LogP contribution >= 0.6 is 0 Å². The van der Waals surface area contributed by atoms with Crippen molar-refractivity contribution in [3.63, 3.8) is 0 Å². The summed E-state index contributed by atoms with van der Waals surface area (Å²) in [5, 5.41) is 0. The SMILES string of the molecule is Cc1cn2c(n1)CN(C(=O)COC(C)c1nccn1C)CC2. The number of hydrogen-bond donors (Lipinski definition) is 0. The van der Waals surface area contributed by atoms with E-state index in [2.05, 4.69) is 14.5 Å². The van der Waals surface area contributed by atoms with E-state index < -0.39 is 0 Å². The molecule has 0 radical (unpaired) electrons. The van der Waals surface area contributed by atoms with Gasteiger partial charge in [0.1, 0.15) is 24.4 Å². The van der Waals surface area contributed by atoms with Gasteiger partial charge < -0.3 is 18.8 Å². The van der Waals surface area contributed by atoms with Crippen molar-refractivity contribution in [2.75, 3.05) is 13.2 Å². The molecule has 1 aliphatic heterocycles. The molecule has 1 amide bonds. The first-order valence-corrected chi connectivity index (χ1v) is 7.44. The summed E-state index contributed by atoms with van der Waals surface area (Å²) in [5.74, 6) is 1.75. The second kappa shape index (κ2) is 5.92. The first-order chi connectivity index (χ1) is 10.5. The van der Waals surface area contributed by atoms with Crippen LogP contribution in [0.15, 0.2) is 18.6 Å². The molecular formula is C15H21N5O2. The second-order valence-corrected chi connectivity index (χ2v) is 5.66. The van der Waals surface area contributed by atoms with Crippen LogP contribution in [0.5, 0.6) is 0 Å². The Kier molecular flexibility index (Phi) is 3.98. The highest BCUT2D eigenvalue weighted by atomic mass is 16.5. The number of amides is 1. The summed E-state index contributed by atoms with van der Waals surface area (Å²) in [6, 6.07) is 0. The maximum Gasteiger partial charge on any atom is 0.249 e. The summed E-state index contributed by atoms with van der Waals surface area (Å²) in [4.78, 5) is 22.8. The third-order valence-electron chi connectivity index (χ3n) is 3.95. The molecule has 118 valence electrons. The van der Waals surface area contributed by atoms with Gasteiger partial charge in [-0.25, -0.2) is 9.97 Å². The summed E-state index contributed by atoms with van der Waals surface area (Å²) in [6.45, 7) is 5.97. The standard InChI is InChI=1S/C15H21N5O2/c1-11-8-19-6-7-20(9-13(19)17-11)14(21)10-22-12(2)15-16-4-5-18(15)3/h4-5,8,12H,6-7,9-10H2,1-3H3. The molecule has 2 aromatic rings. The van der Waals surface area contributed by atoms with Crippen molar-refractivity contribution in [2.24, 2.45) is 7.05 Å². The van der Waals surface area contributed by atoms with Crippen LogP contribution in [-0.2, 0) is 29.7 Å². The van der Waals surface area contributed by atoms with E-state index in [0.717, 1.165) is 23.9 Å². The second-order valence-electron chi connectivity index (χ2n) is 5.66. The van der Waals surface area contributed by atoms with Crippen LogP contribution in [0.25, 0.3) is 0 Å². The zero-order valence-electron chi connectivity index (χ0n) is 13.2. The summed E-state index contributed by atoms with van der Waals surface area (Å²) in [5.41, 5.74) is 0.990. The first kappa shape index (κ1) is 14.8. The molecule has 22 heavy (non-hydrogen) atoms. The lowest BCUT2D eigenvalue weighted by Gasteiger charge is -2.28. The van der Waals surface area contributed by atoms with Crippen LogP contribution in [0, 0.1) is 6.92 Å². The van der Waals surface area contributed by atoms with Gasteiger partial charge >= 0.3 is 0 Å². The molecule has 0 N–H and O–H groups in total. The van der Waals surface area contributed by atoms with Gasteiger partial charge in [0.25, 0.3) is 0 Å². The smallest absolute Gasteiger partial charge is 0.249 e. The Balaban J connectivity index is 1.56. The fourth-order valence-corrected chi connectivity index (χ4v) is 2.74. The van der Waals surface area contributed by atoms with Crippen molar-refractivity contribution >= 4 is 5.91 Å². The molecule has 7 heteroatoms. The minimum absolute atomic E-state index is 0.00652. The molecule has 1 atom stereocenters. The lowest BCUT2D eigenvalue weighted by atomic mass is 10.3. The van der Waals surface area contributed by atoms with Gasteiger partial charge in [-0.05, 0) is 13.8 Å². The molecule has 0 saturated heterocycles. The van der Waals surface area contributed by atoms with Crippen LogP contribution < -0.4 is 0 Å². The molecule has 7 nitrogen and oxygen atoms in total. The quantitative estimate of drug-likeness (QED) is 0.846. The number of fused-ring (bicyclic) bond motifs is 1. The number of hydrogen-bond acceptors (Lipinski definition) is 4. The largest absolute Gasteiger partial charge is 0.361 e. The number of carbonyl (C=O) groups excluding carboxylic acids is 1. The number of nitrogens with zero attached hydrogens (tertiary/aromatic N) is 5. The van der Waals surface area contributed by atoms with Gasteiger partial charge in [-0.1, -0.05) is 0 Å². The molecule has 0 aromatic carbocycles. The van der Waals surface area contributed by atoms with E-state index in [4.69, 9.17) is 4.74 Å². The van der Waals surface area contributed by atoms with Crippen LogP contribution in [0.4, 0.5) is 0 Å². The number of imidazole rings is 2. The molecule has 0 bridgehead atoms. The summed E-state index contributed by atoms with van der Waals surface area (Å²) in [7, 11) is 1.91. The Morgan fingerprint density at radius 2 is 2.27 bits per heavy atom. The average molecular weight is 303 g/mol. The zero-order valence-corrected chi connectivity index (χ0v) is 13.2. The number of carbonyl (C=O) groups is 1. The molecule has 3 rings (SSSR count). The van der Waals surface area contributed by atoms with Crippen LogP contribution in [0.3, 0.4) is 0 Å². The van der Waals surface area contributed by atoms with Gasteiger partial charge in [0.15, 0.2) is 0 Å². The van der Waals surface area contributed by atoms with E-state index >= 15 is 0 Å². The molecule has 0 saturated carbocycles. The third kappa shape index (κ3) is 2.89. The predicted molar refractivity (Wildman–Crippen MR) is 80.0 cm³/mol. The highest BCUT2D eigenvalue weighted by molar-refractivity contribution is 5.77. The zero-order chi connectivity index (χ0) is 15.7. The van der Waals surface area contributed by atoms with E-state index in [1.54, 1.807) is 11.1 Å². The Hall–Kier alpha value is -2.15. The summed E-state index contributed by atoms with van der Waals surface area (Å²) < 4.78 is 9.68. The molecular weight excluding hydrogens is 282 g/mol. The van der Waals surface area contributed by atoms with Crippen LogP contribution in [-0.4, -0.2) is 43.1 Å². The highest BCUT2D eigenvalue weighted by Crippen LogP contribution is 2.16. The summed E-state index contributed by atoms with van der Waals surface area (Å²) >= 11 is 0. The predicted octanol–water partition coefficient (Wildman–Crippen LogP) is 1.05. The Labute approximate surface area is 129 Å². The third-order valence-corrected chi connectivity index (χ3v) is 3.95. The average Bonchev–Trinajstić information content (AvgIpc) is 3.08. The van der Waals surface area contributed by atoms with Gasteiger partial charge in [-0.15, -0.1) is 0 Å². The minimum Gasteiger partial charge on any atom is -0.361 e. The first-order valence-electron chi connectivity index (χ1n) is 7.44. The Bertz CT molecular complexity index is 675. The summed E-state index contributed by atoms with van der Waals surface area (Å²) in [6.07, 6.45) is 5.41. The number of rotatable bonds is 4. The molecule has 1 unspecified atom stereocenters. The highest BCUT2D eigenvalue weighted by Gasteiger charge is 2.23. The Morgan fingerprint density at radius 1 is 1.45 bits per heavy atom. The monoisotopic (exact) mass is 303 g/mol. The maximum absolute atomic E-state index is 12.3. The molecule has 0 aliphatic carbocycles. The van der Waals surface area contributed by atoms with Crippen LogP contribution in [0.2, 0.25) is 0 Å². The van der Waals surface area contributed by atoms with E-state index in [1.807, 2.05) is 37.9 Å². The van der Waals surface area contributed by atoms with Crippen molar-refractivity contribution in [3.05, 3.63) is 35.9 Å². The van der Waals surface area contributed by atoms with Crippen molar-refractivity contribution < 1.29 is 9.53 Å². The number of aryl methyl sites for hydroxylation is 2. The van der Waals surface area contributed by atoms with Gasteiger partial charge in [0, 0.05) is 38.7 Å². The van der Waals surface area contributed by atoms with E-state index in [-0.39, 0.29) is 18.6 Å². The van der Waals surface area contributed by atoms with Crippen molar-refractivity contribution in [2.45, 2.75) is 33.0 Å². The van der Waals surface area contributed by atoms with Crippen LogP contribution in [0.1, 0.15) is 30.4 Å². The van der Waals surface area contributed by atoms with E-state index in [9.17, 15) is 4.79 Å². The molecule has 2 aromatic heterocycles. The molecule has 3 heterocycles. The van der Waals surface area contributed by atoms with Crippen molar-refractivity contribution in [1.29, 1.82) is 0 Å². The fraction of sp³-hybridized carbons (Fsp3) is 0.533. The maximum atomic E-state index is 12.3. The molecule has 0 spiro atoms. The van der Waals surface area contributed by atoms with Gasteiger partial charge in [0.2, 0.25) is 5.91 Å². The van der Waals surface area contributed by atoms with E-state index in [0.29, 0.717) is 13.1 Å². The van der Waals surface area contributed by atoms with Crippen molar-refractivity contribution in [1.82, 2.24) is 24.0 Å². The lowest BCUT2D eigenvalue weighted by Crippen LogP contribution is -2.40. The fourth-order valence-electron chi connectivity index (χ4n) is 2.74. The Morgan fingerprint density at radius 3 is 3.00 bits per heavy atom. The normalized spacial score (nSPS) is 15.7. The number of ether oxygens (including phenoxy) is 1. The molecule has 0 fully saturated rings.